The quantitative estimate of drug-likeness (QED) is 0.321. The topological polar surface area (TPSA) is 73.8 Å². The summed E-state index contributed by atoms with van der Waals surface area (Å²) in [6.45, 7) is 6.08. The maximum absolute atomic E-state index is 13.6. The summed E-state index contributed by atoms with van der Waals surface area (Å²) in [5, 5.41) is 9.69. The third-order valence-corrected chi connectivity index (χ3v) is 7.41. The number of aromatic nitrogens is 4. The fourth-order valence-electron chi connectivity index (χ4n) is 3.73. The van der Waals surface area contributed by atoms with Crippen LogP contribution < -0.4 is 5.56 Å². The minimum atomic E-state index is 0.0131. The van der Waals surface area contributed by atoms with Crippen LogP contribution in [0.4, 0.5) is 0 Å². The van der Waals surface area contributed by atoms with Crippen LogP contribution in [0.2, 0.25) is 0 Å². The average molecular weight is 439 g/mol. The molecule has 4 aromatic rings. The molecule has 1 aliphatic rings. The van der Waals surface area contributed by atoms with Crippen molar-refractivity contribution in [3.63, 3.8) is 0 Å². The number of fused-ring (bicyclic) bond motifs is 3. The van der Waals surface area contributed by atoms with E-state index in [2.05, 4.69) is 10.2 Å². The summed E-state index contributed by atoms with van der Waals surface area (Å²) in [6, 6.07) is 7.99. The molecule has 8 heteroatoms. The van der Waals surface area contributed by atoms with E-state index in [0.29, 0.717) is 22.7 Å². The number of nitrogens with zero attached hydrogens (tertiary/aromatic N) is 4. The van der Waals surface area contributed by atoms with Crippen molar-refractivity contribution >= 4 is 33.3 Å². The van der Waals surface area contributed by atoms with Gasteiger partial charge in [-0.25, -0.2) is 4.98 Å². The molecule has 0 fully saturated rings. The van der Waals surface area contributed by atoms with Gasteiger partial charge in [-0.05, 0) is 43.9 Å². The SMILES string of the molecule is Cc1ccc(-n2c(SCc3nnc(C(C)C)o3)nc3sc4c(c3c2=O)CCC4)cc1. The first-order valence-corrected chi connectivity index (χ1v) is 11.9. The molecule has 0 bridgehead atoms. The molecule has 5 rings (SSSR count). The standard InChI is InChI=1S/C22H22N4O2S2/c1-12(2)19-25-24-17(28-19)11-29-22-23-20-18(15-5-4-6-16(15)30-20)21(27)26(22)14-9-7-13(3)8-10-14/h7-10,12H,4-6,11H2,1-3H3. The van der Waals surface area contributed by atoms with Gasteiger partial charge in [-0.2, -0.15) is 0 Å². The van der Waals surface area contributed by atoms with Gasteiger partial charge in [0.2, 0.25) is 11.8 Å². The summed E-state index contributed by atoms with van der Waals surface area (Å²) in [5.41, 5.74) is 3.19. The second-order valence-electron chi connectivity index (χ2n) is 7.89. The molecule has 30 heavy (non-hydrogen) atoms. The van der Waals surface area contributed by atoms with E-state index in [-0.39, 0.29) is 11.5 Å². The molecule has 0 saturated carbocycles. The van der Waals surface area contributed by atoms with Crippen LogP contribution in [0.15, 0.2) is 38.6 Å². The lowest BCUT2D eigenvalue weighted by Gasteiger charge is -2.12. The van der Waals surface area contributed by atoms with Crippen LogP contribution >= 0.6 is 23.1 Å². The third-order valence-electron chi connectivity index (χ3n) is 5.30. The van der Waals surface area contributed by atoms with E-state index in [9.17, 15) is 4.79 Å². The number of aryl methyl sites for hydroxylation is 3. The minimum Gasteiger partial charge on any atom is -0.424 e. The summed E-state index contributed by atoms with van der Waals surface area (Å²) in [7, 11) is 0. The smallest absolute Gasteiger partial charge is 0.267 e. The molecular weight excluding hydrogens is 416 g/mol. The van der Waals surface area contributed by atoms with Crippen molar-refractivity contribution in [1.82, 2.24) is 19.7 Å². The summed E-state index contributed by atoms with van der Waals surface area (Å²) in [5.74, 6) is 1.82. The van der Waals surface area contributed by atoms with Gasteiger partial charge in [0.25, 0.3) is 5.56 Å². The van der Waals surface area contributed by atoms with Crippen molar-refractivity contribution in [3.8, 4) is 5.69 Å². The maximum atomic E-state index is 13.6. The number of hydrogen-bond acceptors (Lipinski definition) is 7. The van der Waals surface area contributed by atoms with E-state index >= 15 is 0 Å². The van der Waals surface area contributed by atoms with Crippen LogP contribution in [0.3, 0.4) is 0 Å². The lowest BCUT2D eigenvalue weighted by atomic mass is 10.2. The number of thiophene rings is 1. The molecule has 0 N–H and O–H groups in total. The van der Waals surface area contributed by atoms with Crippen molar-refractivity contribution in [1.29, 1.82) is 0 Å². The Morgan fingerprint density at radius 2 is 2.00 bits per heavy atom. The van der Waals surface area contributed by atoms with Crippen molar-refractivity contribution in [2.75, 3.05) is 0 Å². The number of rotatable bonds is 5. The zero-order chi connectivity index (χ0) is 20.8. The molecular formula is C22H22N4O2S2. The Bertz CT molecular complexity index is 1290. The minimum absolute atomic E-state index is 0.0131. The molecule has 0 amide bonds. The molecule has 0 unspecified atom stereocenters. The second kappa shape index (κ2) is 7.67. The Kier molecular flexibility index (Phi) is 4.99. The number of benzene rings is 1. The van der Waals surface area contributed by atoms with Crippen LogP contribution in [0, 0.1) is 6.92 Å². The van der Waals surface area contributed by atoms with E-state index in [1.165, 1.54) is 22.2 Å². The molecule has 0 radical (unpaired) electrons. The normalized spacial score (nSPS) is 13.5. The van der Waals surface area contributed by atoms with Crippen LogP contribution in [0.5, 0.6) is 0 Å². The summed E-state index contributed by atoms with van der Waals surface area (Å²) >= 11 is 3.12. The fourth-order valence-corrected chi connectivity index (χ4v) is 5.88. The first-order chi connectivity index (χ1) is 14.5. The van der Waals surface area contributed by atoms with Crippen molar-refractivity contribution in [2.24, 2.45) is 0 Å². The Morgan fingerprint density at radius 1 is 1.20 bits per heavy atom. The molecule has 0 atom stereocenters. The lowest BCUT2D eigenvalue weighted by Crippen LogP contribution is -2.21. The number of thioether (sulfide) groups is 1. The zero-order valence-electron chi connectivity index (χ0n) is 17.1. The van der Waals surface area contributed by atoms with Gasteiger partial charge < -0.3 is 4.42 Å². The fraction of sp³-hybridized carbons (Fsp3) is 0.364. The van der Waals surface area contributed by atoms with Gasteiger partial charge in [0.1, 0.15) is 4.83 Å². The molecule has 0 aliphatic heterocycles. The molecule has 3 aromatic heterocycles. The number of hydrogen-bond donors (Lipinski definition) is 0. The summed E-state index contributed by atoms with van der Waals surface area (Å²) in [4.78, 5) is 20.7. The average Bonchev–Trinajstić information content (AvgIpc) is 3.43. The van der Waals surface area contributed by atoms with Gasteiger partial charge in [-0.1, -0.05) is 43.3 Å². The van der Waals surface area contributed by atoms with Crippen LogP contribution in [0.1, 0.15) is 54.0 Å². The van der Waals surface area contributed by atoms with Gasteiger partial charge in [-0.15, -0.1) is 21.5 Å². The van der Waals surface area contributed by atoms with Crippen molar-refractivity contribution < 1.29 is 4.42 Å². The molecule has 1 aliphatic carbocycles. The van der Waals surface area contributed by atoms with E-state index < -0.39 is 0 Å². The Morgan fingerprint density at radius 3 is 2.73 bits per heavy atom. The van der Waals surface area contributed by atoms with Crippen LogP contribution in [0.25, 0.3) is 15.9 Å². The largest absolute Gasteiger partial charge is 0.424 e. The van der Waals surface area contributed by atoms with Crippen LogP contribution in [-0.4, -0.2) is 19.7 Å². The molecule has 6 nitrogen and oxygen atoms in total. The van der Waals surface area contributed by atoms with Gasteiger partial charge >= 0.3 is 0 Å². The lowest BCUT2D eigenvalue weighted by molar-refractivity contribution is 0.445. The Balaban J connectivity index is 1.61. The molecule has 154 valence electrons. The molecule has 0 saturated heterocycles. The third kappa shape index (κ3) is 3.37. The maximum Gasteiger partial charge on any atom is 0.267 e. The summed E-state index contributed by atoms with van der Waals surface area (Å²) in [6.07, 6.45) is 3.13. The predicted octanol–water partition coefficient (Wildman–Crippen LogP) is 5.04. The highest BCUT2D eigenvalue weighted by Crippen LogP contribution is 2.36. The van der Waals surface area contributed by atoms with E-state index in [1.807, 2.05) is 45.0 Å². The van der Waals surface area contributed by atoms with Gasteiger partial charge in [0, 0.05) is 10.8 Å². The molecule has 3 heterocycles. The Labute approximate surface area is 182 Å². The second-order valence-corrected chi connectivity index (χ2v) is 9.91. The highest BCUT2D eigenvalue weighted by atomic mass is 32.2. The van der Waals surface area contributed by atoms with E-state index in [1.54, 1.807) is 15.9 Å². The van der Waals surface area contributed by atoms with E-state index in [0.717, 1.165) is 40.7 Å². The van der Waals surface area contributed by atoms with Gasteiger partial charge in [0.15, 0.2) is 5.16 Å². The summed E-state index contributed by atoms with van der Waals surface area (Å²) < 4.78 is 7.47. The first-order valence-electron chi connectivity index (χ1n) is 10.1. The molecule has 0 spiro atoms. The highest BCUT2D eigenvalue weighted by Gasteiger charge is 2.24. The zero-order valence-corrected chi connectivity index (χ0v) is 18.8. The van der Waals surface area contributed by atoms with Gasteiger partial charge in [-0.3, -0.25) is 9.36 Å². The molecule has 1 aromatic carbocycles. The van der Waals surface area contributed by atoms with Gasteiger partial charge in [0.05, 0.1) is 16.8 Å². The first kappa shape index (κ1) is 19.5. The monoisotopic (exact) mass is 438 g/mol. The van der Waals surface area contributed by atoms with E-state index in [4.69, 9.17) is 9.40 Å². The Hall–Kier alpha value is -2.45. The van der Waals surface area contributed by atoms with Crippen molar-refractivity contribution in [3.05, 3.63) is 62.4 Å². The van der Waals surface area contributed by atoms with Crippen molar-refractivity contribution in [2.45, 2.75) is 56.9 Å². The predicted molar refractivity (Wildman–Crippen MR) is 120 cm³/mol. The van der Waals surface area contributed by atoms with Crippen LogP contribution in [-0.2, 0) is 18.6 Å². The highest BCUT2D eigenvalue weighted by molar-refractivity contribution is 7.98.